The zero-order valence-corrected chi connectivity index (χ0v) is 12.4. The average Bonchev–Trinajstić information content (AvgIpc) is 2.27. The van der Waals surface area contributed by atoms with Crippen LogP contribution in [-0.4, -0.2) is 37.1 Å². The lowest BCUT2D eigenvalue weighted by atomic mass is 10.2. The van der Waals surface area contributed by atoms with E-state index in [0.29, 0.717) is 5.75 Å². The zero-order valence-electron chi connectivity index (χ0n) is 10.1. The van der Waals surface area contributed by atoms with Crippen molar-refractivity contribution < 1.29 is 17.4 Å². The molecule has 1 aromatic rings. The minimum Gasteiger partial charge on any atom is -0.351 e. The van der Waals surface area contributed by atoms with Crippen molar-refractivity contribution in [1.82, 2.24) is 5.32 Å². The second-order valence-electron chi connectivity index (χ2n) is 3.72. The molecular weight excluding hydrogens is 312 g/mol. The van der Waals surface area contributed by atoms with Crippen LogP contribution in [0.1, 0.15) is 10.4 Å². The number of primary sulfonamides is 1. The Morgan fingerprint density at radius 3 is 2.63 bits per heavy atom. The van der Waals surface area contributed by atoms with Gasteiger partial charge in [-0.2, -0.15) is 0 Å². The van der Waals surface area contributed by atoms with Crippen molar-refractivity contribution in [2.24, 2.45) is 5.14 Å². The van der Waals surface area contributed by atoms with Gasteiger partial charge in [0.2, 0.25) is 10.0 Å². The first kappa shape index (κ1) is 16.1. The molecule has 0 heterocycles. The predicted octanol–water partition coefficient (Wildman–Crippen LogP) is 0.0957. The van der Waals surface area contributed by atoms with E-state index < -0.39 is 26.7 Å². The van der Waals surface area contributed by atoms with Crippen LogP contribution in [0, 0.1) is 0 Å². The summed E-state index contributed by atoms with van der Waals surface area (Å²) in [7, 11) is -5.00. The van der Waals surface area contributed by atoms with E-state index in [1.807, 2.05) is 0 Å². The van der Waals surface area contributed by atoms with Crippen molar-refractivity contribution in [3.63, 3.8) is 0 Å². The molecule has 106 valence electrons. The lowest BCUT2D eigenvalue weighted by molar-refractivity contribution is 0.0956. The summed E-state index contributed by atoms with van der Waals surface area (Å²) in [6.45, 7) is 0.231. The average molecular weight is 325 g/mol. The van der Waals surface area contributed by atoms with Crippen molar-refractivity contribution in [1.29, 1.82) is 0 Å². The molecule has 1 rings (SSSR count). The van der Waals surface area contributed by atoms with Crippen molar-refractivity contribution in [2.75, 3.05) is 18.6 Å². The van der Waals surface area contributed by atoms with Crippen LogP contribution in [0.15, 0.2) is 23.1 Å². The highest BCUT2D eigenvalue weighted by atomic mass is 35.5. The molecule has 0 aliphatic carbocycles. The lowest BCUT2D eigenvalue weighted by Gasteiger charge is -2.07. The SMILES string of the molecule is CS(=O)CCNC(=O)c1ccc(Cl)c(S(N)(=O)=O)c1. The number of halogens is 1. The number of carbonyl (C=O) groups excluding carboxylic acids is 1. The molecule has 1 aromatic carbocycles. The molecule has 0 saturated carbocycles. The van der Waals surface area contributed by atoms with E-state index in [2.05, 4.69) is 5.32 Å². The Balaban J connectivity index is 2.91. The van der Waals surface area contributed by atoms with E-state index in [9.17, 15) is 17.4 Å². The minimum absolute atomic E-state index is 0.0475. The Labute approximate surface area is 118 Å². The number of hydrogen-bond donors (Lipinski definition) is 2. The van der Waals surface area contributed by atoms with Gasteiger partial charge in [0.05, 0.1) is 5.02 Å². The Morgan fingerprint density at radius 2 is 2.11 bits per heavy atom. The topological polar surface area (TPSA) is 106 Å². The van der Waals surface area contributed by atoms with Crippen LogP contribution < -0.4 is 10.5 Å². The van der Waals surface area contributed by atoms with Gasteiger partial charge in [-0.3, -0.25) is 9.00 Å². The van der Waals surface area contributed by atoms with E-state index in [0.717, 1.165) is 6.07 Å². The molecule has 1 unspecified atom stereocenters. The molecule has 1 amide bonds. The highest BCUT2D eigenvalue weighted by Crippen LogP contribution is 2.21. The Kier molecular flexibility index (Phi) is 5.48. The first-order chi connectivity index (χ1) is 8.71. The maximum absolute atomic E-state index is 11.7. The summed E-state index contributed by atoms with van der Waals surface area (Å²) in [5.74, 6) is -0.159. The van der Waals surface area contributed by atoms with Crippen LogP contribution in [0.5, 0.6) is 0 Å². The van der Waals surface area contributed by atoms with Crippen LogP contribution in [0.2, 0.25) is 5.02 Å². The molecule has 0 spiro atoms. The van der Waals surface area contributed by atoms with Crippen LogP contribution in [0.25, 0.3) is 0 Å². The summed E-state index contributed by atoms with van der Waals surface area (Å²) in [4.78, 5) is 11.4. The van der Waals surface area contributed by atoms with Crippen LogP contribution in [0.4, 0.5) is 0 Å². The molecule has 9 heteroatoms. The van der Waals surface area contributed by atoms with Crippen LogP contribution in [0.3, 0.4) is 0 Å². The molecule has 3 N–H and O–H groups in total. The Morgan fingerprint density at radius 1 is 1.47 bits per heavy atom. The summed E-state index contributed by atoms with van der Waals surface area (Å²) < 4.78 is 33.3. The first-order valence-corrected chi connectivity index (χ1v) is 8.77. The van der Waals surface area contributed by atoms with Gasteiger partial charge >= 0.3 is 0 Å². The number of rotatable bonds is 5. The fourth-order valence-electron chi connectivity index (χ4n) is 1.27. The quantitative estimate of drug-likeness (QED) is 0.800. The van der Waals surface area contributed by atoms with Gasteiger partial charge in [-0.25, -0.2) is 13.6 Å². The molecule has 0 bridgehead atoms. The number of nitrogens with two attached hydrogens (primary N) is 1. The molecule has 6 nitrogen and oxygen atoms in total. The third-order valence-electron chi connectivity index (χ3n) is 2.17. The Bertz CT molecular complexity index is 616. The molecule has 0 saturated heterocycles. The number of sulfonamides is 1. The van der Waals surface area contributed by atoms with E-state index in [1.165, 1.54) is 18.4 Å². The van der Waals surface area contributed by atoms with Crippen LogP contribution >= 0.6 is 11.6 Å². The second kappa shape index (κ2) is 6.47. The minimum atomic E-state index is -3.98. The van der Waals surface area contributed by atoms with Gasteiger partial charge in [0.25, 0.3) is 5.91 Å². The van der Waals surface area contributed by atoms with Gasteiger partial charge in [0, 0.05) is 34.9 Å². The number of nitrogens with one attached hydrogen (secondary N) is 1. The van der Waals surface area contributed by atoms with E-state index in [-0.39, 0.29) is 22.0 Å². The molecule has 0 fully saturated rings. The summed E-state index contributed by atoms with van der Waals surface area (Å²) in [6.07, 6.45) is 1.52. The molecule has 19 heavy (non-hydrogen) atoms. The fraction of sp³-hybridized carbons (Fsp3) is 0.300. The Hall–Kier alpha value is -0.960. The van der Waals surface area contributed by atoms with Gasteiger partial charge in [0.1, 0.15) is 4.90 Å². The van der Waals surface area contributed by atoms with Crippen molar-refractivity contribution in [3.05, 3.63) is 28.8 Å². The largest absolute Gasteiger partial charge is 0.351 e. The zero-order chi connectivity index (χ0) is 14.6. The molecule has 0 aliphatic rings. The van der Waals surface area contributed by atoms with Gasteiger partial charge in [-0.1, -0.05) is 11.6 Å². The lowest BCUT2D eigenvalue weighted by Crippen LogP contribution is -2.27. The number of carbonyl (C=O) groups is 1. The van der Waals surface area contributed by atoms with Crippen LogP contribution in [-0.2, 0) is 20.8 Å². The van der Waals surface area contributed by atoms with Crippen molar-refractivity contribution in [3.8, 4) is 0 Å². The third-order valence-corrected chi connectivity index (χ3v) is 4.35. The number of hydrogen-bond acceptors (Lipinski definition) is 4. The fourth-order valence-corrected chi connectivity index (χ4v) is 2.73. The molecular formula is C10H13ClN2O4S2. The second-order valence-corrected chi connectivity index (χ2v) is 7.22. The van der Waals surface area contributed by atoms with Crippen molar-refractivity contribution in [2.45, 2.75) is 4.90 Å². The smallest absolute Gasteiger partial charge is 0.251 e. The van der Waals surface area contributed by atoms with E-state index in [4.69, 9.17) is 16.7 Å². The van der Waals surface area contributed by atoms with E-state index in [1.54, 1.807) is 0 Å². The third kappa shape index (κ3) is 4.90. The summed E-state index contributed by atoms with van der Waals surface area (Å²) in [5.41, 5.74) is 0.121. The van der Waals surface area contributed by atoms with Crippen molar-refractivity contribution >= 4 is 38.3 Å². The maximum Gasteiger partial charge on any atom is 0.251 e. The monoisotopic (exact) mass is 324 g/mol. The maximum atomic E-state index is 11.7. The molecule has 1 atom stereocenters. The number of amides is 1. The summed E-state index contributed by atoms with van der Waals surface area (Å²) in [5, 5.41) is 7.45. The molecule has 0 aliphatic heterocycles. The van der Waals surface area contributed by atoms with Gasteiger partial charge in [-0.05, 0) is 18.2 Å². The van der Waals surface area contributed by atoms with E-state index >= 15 is 0 Å². The first-order valence-electron chi connectivity index (χ1n) is 5.12. The van der Waals surface area contributed by atoms with Gasteiger partial charge < -0.3 is 5.32 Å². The highest BCUT2D eigenvalue weighted by Gasteiger charge is 2.16. The number of benzene rings is 1. The van der Waals surface area contributed by atoms with Gasteiger partial charge in [-0.15, -0.1) is 0 Å². The normalized spacial score (nSPS) is 13.0. The highest BCUT2D eigenvalue weighted by molar-refractivity contribution is 7.89. The predicted molar refractivity (Wildman–Crippen MR) is 74.1 cm³/mol. The standard InChI is InChI=1S/C10H13ClN2O4S2/c1-18(15)5-4-13-10(14)7-2-3-8(11)9(6-7)19(12,16)17/h2-3,6H,4-5H2,1H3,(H,13,14)(H2,12,16,17). The molecule has 0 radical (unpaired) electrons. The summed E-state index contributed by atoms with van der Waals surface area (Å²) in [6, 6.07) is 3.78. The van der Waals surface area contributed by atoms with Gasteiger partial charge in [0.15, 0.2) is 0 Å². The molecule has 0 aromatic heterocycles. The summed E-state index contributed by atoms with van der Waals surface area (Å²) >= 11 is 5.70.